The Morgan fingerprint density at radius 2 is 2.10 bits per heavy atom. The van der Waals surface area contributed by atoms with E-state index in [4.69, 9.17) is 16.3 Å². The number of hydrogen-bond acceptors (Lipinski definition) is 6. The fourth-order valence-electron chi connectivity index (χ4n) is 3.54. The number of thiazole rings is 1. The van der Waals surface area contributed by atoms with Gasteiger partial charge >= 0.3 is 0 Å². The predicted octanol–water partition coefficient (Wildman–Crippen LogP) is 3.63. The summed E-state index contributed by atoms with van der Waals surface area (Å²) in [6, 6.07) is 7.92. The summed E-state index contributed by atoms with van der Waals surface area (Å²) < 4.78 is 36.2. The third-order valence-corrected chi connectivity index (χ3v) is 9.60. The number of amides is 1. The predicted molar refractivity (Wildman–Crippen MR) is 119 cm³/mol. The Kier molecular flexibility index (Phi) is 6.04. The number of aromatic nitrogens is 1. The van der Waals surface area contributed by atoms with Gasteiger partial charge in [0.05, 0.1) is 15.6 Å². The molecule has 1 aliphatic rings. The van der Waals surface area contributed by atoms with Crippen molar-refractivity contribution in [3.8, 4) is 5.75 Å². The van der Waals surface area contributed by atoms with Crippen molar-refractivity contribution in [1.82, 2.24) is 8.87 Å². The van der Waals surface area contributed by atoms with Gasteiger partial charge in [0.15, 0.2) is 4.80 Å². The Morgan fingerprint density at radius 1 is 1.30 bits per heavy atom. The summed E-state index contributed by atoms with van der Waals surface area (Å²) in [6.45, 7) is 2.73. The van der Waals surface area contributed by atoms with Gasteiger partial charge in [-0.05, 0) is 44.0 Å². The number of sulfonamides is 1. The molecule has 4 rings (SSSR count). The molecule has 2 aromatic heterocycles. The first kappa shape index (κ1) is 21.5. The molecule has 3 heterocycles. The van der Waals surface area contributed by atoms with Crippen LogP contribution in [0.3, 0.4) is 0 Å². The molecule has 3 aromatic rings. The van der Waals surface area contributed by atoms with Crippen LogP contribution in [-0.4, -0.2) is 42.4 Å². The molecule has 0 aliphatic carbocycles. The standard InChI is InChI=1S/C19H20ClN3O4S3/c1-3-27-13-7-4-8-14-17(13)22(2)19(28-14)21-18(24)12-6-5-11-23(12)30(25,26)16-10-9-15(20)29-16/h4,7-10,12H,3,5-6,11H2,1-2H3. The molecular formula is C19H20ClN3O4S3. The van der Waals surface area contributed by atoms with Crippen LogP contribution in [0, 0.1) is 0 Å². The summed E-state index contributed by atoms with van der Waals surface area (Å²) in [5.74, 6) is 0.265. The fourth-order valence-corrected chi connectivity index (χ4v) is 7.85. The number of fused-ring (bicyclic) bond motifs is 1. The first-order chi connectivity index (χ1) is 14.3. The summed E-state index contributed by atoms with van der Waals surface area (Å²) in [7, 11) is -1.97. The lowest BCUT2D eigenvalue weighted by Crippen LogP contribution is -2.40. The summed E-state index contributed by atoms with van der Waals surface area (Å²) in [4.78, 5) is 17.8. The number of benzene rings is 1. The Hall–Kier alpha value is -1.72. The highest BCUT2D eigenvalue weighted by molar-refractivity contribution is 7.91. The first-order valence-electron chi connectivity index (χ1n) is 9.40. The molecule has 160 valence electrons. The lowest BCUT2D eigenvalue weighted by atomic mass is 10.2. The van der Waals surface area contributed by atoms with Gasteiger partial charge in [0.25, 0.3) is 15.9 Å². The second-order valence-electron chi connectivity index (χ2n) is 6.76. The first-order valence-corrected chi connectivity index (χ1v) is 12.8. The average molecular weight is 486 g/mol. The van der Waals surface area contributed by atoms with Crippen LogP contribution < -0.4 is 9.54 Å². The molecule has 1 aromatic carbocycles. The summed E-state index contributed by atoms with van der Waals surface area (Å²) in [6.07, 6.45) is 1.05. The van der Waals surface area contributed by atoms with Crippen LogP contribution in [0.15, 0.2) is 39.5 Å². The van der Waals surface area contributed by atoms with E-state index >= 15 is 0 Å². The monoisotopic (exact) mass is 485 g/mol. The van der Waals surface area contributed by atoms with Crippen LogP contribution in [0.4, 0.5) is 0 Å². The Bertz CT molecular complexity index is 1280. The van der Waals surface area contributed by atoms with Gasteiger partial charge in [-0.15, -0.1) is 11.3 Å². The molecule has 0 radical (unpaired) electrons. The molecule has 0 spiro atoms. The van der Waals surface area contributed by atoms with E-state index in [0.29, 0.717) is 28.6 Å². The van der Waals surface area contributed by atoms with E-state index in [9.17, 15) is 13.2 Å². The summed E-state index contributed by atoms with van der Waals surface area (Å²) in [5.41, 5.74) is 0.861. The quantitative estimate of drug-likeness (QED) is 0.552. The minimum atomic E-state index is -3.79. The normalized spacial score (nSPS) is 18.4. The maximum Gasteiger partial charge on any atom is 0.266 e. The van der Waals surface area contributed by atoms with Gasteiger partial charge in [0, 0.05) is 13.6 Å². The summed E-state index contributed by atoms with van der Waals surface area (Å²) >= 11 is 8.27. The minimum Gasteiger partial charge on any atom is -0.492 e. The zero-order chi connectivity index (χ0) is 21.5. The van der Waals surface area contributed by atoms with Gasteiger partial charge in [-0.25, -0.2) is 8.42 Å². The second kappa shape index (κ2) is 8.43. The van der Waals surface area contributed by atoms with E-state index in [1.807, 2.05) is 36.7 Å². The molecule has 1 saturated heterocycles. The SMILES string of the molecule is CCOc1cccc2sc(=NC(=O)C3CCCN3S(=O)(=O)c3ccc(Cl)s3)n(C)c12. The van der Waals surface area contributed by atoms with Crippen molar-refractivity contribution in [2.45, 2.75) is 30.0 Å². The Balaban J connectivity index is 1.70. The molecule has 7 nitrogen and oxygen atoms in total. The number of hydrogen-bond donors (Lipinski definition) is 0. The molecule has 0 bridgehead atoms. The minimum absolute atomic E-state index is 0.140. The van der Waals surface area contributed by atoms with Crippen molar-refractivity contribution in [1.29, 1.82) is 0 Å². The van der Waals surface area contributed by atoms with Crippen molar-refractivity contribution in [2.24, 2.45) is 12.0 Å². The van der Waals surface area contributed by atoms with Crippen LogP contribution in [-0.2, 0) is 21.9 Å². The zero-order valence-electron chi connectivity index (χ0n) is 16.4. The number of rotatable bonds is 5. The molecule has 0 saturated carbocycles. The highest BCUT2D eigenvalue weighted by Crippen LogP contribution is 2.32. The second-order valence-corrected chi connectivity index (χ2v) is 11.6. The van der Waals surface area contributed by atoms with Crippen molar-refractivity contribution in [3.63, 3.8) is 0 Å². The summed E-state index contributed by atoms with van der Waals surface area (Å²) in [5, 5.41) is 0. The topological polar surface area (TPSA) is 81.0 Å². The van der Waals surface area contributed by atoms with Crippen LogP contribution in [0.25, 0.3) is 10.2 Å². The van der Waals surface area contributed by atoms with Crippen molar-refractivity contribution < 1.29 is 17.9 Å². The highest BCUT2D eigenvalue weighted by atomic mass is 35.5. The van der Waals surface area contributed by atoms with E-state index in [2.05, 4.69) is 4.99 Å². The van der Waals surface area contributed by atoms with E-state index in [-0.39, 0.29) is 10.8 Å². The van der Waals surface area contributed by atoms with Gasteiger partial charge in [-0.2, -0.15) is 9.30 Å². The van der Waals surface area contributed by atoms with Crippen LogP contribution in [0.2, 0.25) is 4.34 Å². The van der Waals surface area contributed by atoms with Gasteiger partial charge in [-0.3, -0.25) is 4.79 Å². The smallest absolute Gasteiger partial charge is 0.266 e. The molecule has 1 aliphatic heterocycles. The highest BCUT2D eigenvalue weighted by Gasteiger charge is 2.40. The van der Waals surface area contributed by atoms with Gasteiger partial charge in [0.2, 0.25) is 0 Å². The lowest BCUT2D eigenvalue weighted by molar-refractivity contribution is -0.121. The van der Waals surface area contributed by atoms with Crippen molar-refractivity contribution in [2.75, 3.05) is 13.2 Å². The maximum absolute atomic E-state index is 13.0. The van der Waals surface area contributed by atoms with Crippen LogP contribution in [0.1, 0.15) is 19.8 Å². The van der Waals surface area contributed by atoms with Crippen LogP contribution in [0.5, 0.6) is 5.75 Å². The van der Waals surface area contributed by atoms with Crippen molar-refractivity contribution >= 4 is 60.4 Å². The molecular weight excluding hydrogens is 466 g/mol. The molecule has 1 atom stereocenters. The van der Waals surface area contributed by atoms with E-state index in [1.165, 1.54) is 21.7 Å². The number of carbonyl (C=O) groups excluding carboxylic acids is 1. The maximum atomic E-state index is 13.0. The number of carbonyl (C=O) groups is 1. The average Bonchev–Trinajstić information content (AvgIpc) is 3.42. The molecule has 11 heteroatoms. The van der Waals surface area contributed by atoms with Gasteiger partial charge in [-0.1, -0.05) is 29.0 Å². The lowest BCUT2D eigenvalue weighted by Gasteiger charge is -2.20. The third kappa shape index (κ3) is 3.82. The zero-order valence-corrected chi connectivity index (χ0v) is 19.6. The number of ether oxygens (including phenoxy) is 1. The number of aryl methyl sites for hydroxylation is 1. The van der Waals surface area contributed by atoms with Gasteiger partial charge in [0.1, 0.15) is 21.5 Å². The van der Waals surface area contributed by atoms with E-state index in [1.54, 1.807) is 6.07 Å². The molecule has 1 fully saturated rings. The molecule has 0 N–H and O–H groups in total. The van der Waals surface area contributed by atoms with Gasteiger partial charge < -0.3 is 9.30 Å². The fraction of sp³-hybridized carbons (Fsp3) is 0.368. The van der Waals surface area contributed by atoms with E-state index < -0.39 is 22.0 Å². The largest absolute Gasteiger partial charge is 0.492 e. The number of para-hydroxylation sites is 1. The Morgan fingerprint density at radius 3 is 2.80 bits per heavy atom. The number of nitrogens with zero attached hydrogens (tertiary/aromatic N) is 3. The molecule has 1 amide bonds. The van der Waals surface area contributed by atoms with Crippen molar-refractivity contribution in [3.05, 3.63) is 39.5 Å². The Labute approximate surface area is 187 Å². The third-order valence-electron chi connectivity index (χ3n) is 4.89. The van der Waals surface area contributed by atoms with Crippen LogP contribution >= 0.6 is 34.3 Å². The number of halogens is 1. The number of thiophene rings is 1. The molecule has 30 heavy (non-hydrogen) atoms. The van der Waals surface area contributed by atoms with E-state index in [0.717, 1.165) is 27.3 Å². The molecule has 1 unspecified atom stereocenters.